The van der Waals surface area contributed by atoms with Crippen LogP contribution in [0.5, 0.6) is 5.75 Å². The number of Topliss-reactive ketones (excluding diaryl/α,β-unsaturated/α-hetero) is 1. The number of carbonyl (C=O) groups is 2. The molecule has 2 aromatic carbocycles. The van der Waals surface area contributed by atoms with Crippen molar-refractivity contribution in [3.05, 3.63) is 59.2 Å². The van der Waals surface area contributed by atoms with E-state index in [-0.39, 0.29) is 34.3 Å². The molecule has 2 aliphatic heterocycles. The van der Waals surface area contributed by atoms with Crippen molar-refractivity contribution in [3.63, 3.8) is 0 Å². The highest BCUT2D eigenvalue weighted by atomic mass is 32.2. The number of amides is 1. The van der Waals surface area contributed by atoms with Gasteiger partial charge in [0.15, 0.2) is 5.78 Å². The first-order chi connectivity index (χ1) is 16.2. The first-order valence-corrected chi connectivity index (χ1v) is 13.4. The molecule has 1 amide bonds. The van der Waals surface area contributed by atoms with Crippen molar-refractivity contribution >= 4 is 21.7 Å². The number of hydrogen-bond donors (Lipinski definition) is 1. The van der Waals surface area contributed by atoms with Crippen LogP contribution in [0.3, 0.4) is 0 Å². The second-order valence-corrected chi connectivity index (χ2v) is 11.3. The summed E-state index contributed by atoms with van der Waals surface area (Å²) in [6.07, 6.45) is 3.81. The number of ketones is 1. The fourth-order valence-electron chi connectivity index (χ4n) is 4.93. The van der Waals surface area contributed by atoms with Crippen molar-refractivity contribution in [1.29, 1.82) is 0 Å². The van der Waals surface area contributed by atoms with Gasteiger partial charge in [0.25, 0.3) is 5.91 Å². The second kappa shape index (κ2) is 9.88. The highest BCUT2D eigenvalue weighted by Crippen LogP contribution is 2.28. The molecule has 0 saturated carbocycles. The fraction of sp³-hybridized carbons (Fsp3) is 0.462. The standard InChI is InChI=1S/C26H32N2O5S/c1-18-6-11-23(34(32,33)28-14-4-3-5-19(28)2)17-24(18)26(31)27-15-12-21(13-16-27)25(30)20-7-9-22(29)10-8-20/h6-11,17,19,21,29H,3-5,12-16H2,1-2H3/t19-/m0/s1. The second-order valence-electron chi connectivity index (χ2n) is 9.41. The lowest BCUT2D eigenvalue weighted by atomic mass is 9.88. The third-order valence-corrected chi connectivity index (χ3v) is 9.10. The van der Waals surface area contributed by atoms with E-state index in [0.29, 0.717) is 43.6 Å². The lowest BCUT2D eigenvalue weighted by molar-refractivity contribution is 0.0649. The Bertz CT molecular complexity index is 1170. The Labute approximate surface area is 201 Å². The van der Waals surface area contributed by atoms with Gasteiger partial charge < -0.3 is 10.0 Å². The molecule has 0 aromatic heterocycles. The van der Waals surface area contributed by atoms with E-state index >= 15 is 0 Å². The highest BCUT2D eigenvalue weighted by molar-refractivity contribution is 7.89. The van der Waals surface area contributed by atoms with Crippen molar-refractivity contribution in [1.82, 2.24) is 9.21 Å². The van der Waals surface area contributed by atoms with Crippen LogP contribution in [0.25, 0.3) is 0 Å². The number of aryl methyl sites for hydroxylation is 1. The number of likely N-dealkylation sites (tertiary alicyclic amines) is 1. The maximum atomic E-state index is 13.3. The lowest BCUT2D eigenvalue weighted by Gasteiger charge is -2.33. The Kier molecular flexibility index (Phi) is 7.09. The highest BCUT2D eigenvalue weighted by Gasteiger charge is 2.33. The molecule has 34 heavy (non-hydrogen) atoms. The van der Waals surface area contributed by atoms with Crippen molar-refractivity contribution in [2.45, 2.75) is 56.9 Å². The Hall–Kier alpha value is -2.71. The van der Waals surface area contributed by atoms with Crippen molar-refractivity contribution < 1.29 is 23.1 Å². The van der Waals surface area contributed by atoms with Gasteiger partial charge in [-0.3, -0.25) is 9.59 Å². The molecule has 0 bridgehead atoms. The number of phenols is 1. The van der Waals surface area contributed by atoms with E-state index in [9.17, 15) is 23.1 Å². The molecule has 2 aliphatic rings. The lowest BCUT2D eigenvalue weighted by Crippen LogP contribution is -2.42. The van der Waals surface area contributed by atoms with Crippen LogP contribution in [-0.4, -0.2) is 60.1 Å². The van der Waals surface area contributed by atoms with E-state index in [1.165, 1.54) is 18.2 Å². The van der Waals surface area contributed by atoms with Gasteiger partial charge >= 0.3 is 0 Å². The minimum absolute atomic E-state index is 0.0204. The molecule has 2 heterocycles. The van der Waals surface area contributed by atoms with Crippen LogP contribution < -0.4 is 0 Å². The molecule has 2 fully saturated rings. The van der Waals surface area contributed by atoms with Crippen LogP contribution >= 0.6 is 0 Å². The van der Waals surface area contributed by atoms with Gasteiger partial charge in [-0.2, -0.15) is 4.31 Å². The van der Waals surface area contributed by atoms with Gasteiger partial charge in [-0.1, -0.05) is 12.5 Å². The number of piperidine rings is 2. The van der Waals surface area contributed by atoms with Crippen LogP contribution in [0.4, 0.5) is 0 Å². The number of nitrogens with zero attached hydrogens (tertiary/aromatic N) is 2. The molecule has 1 atom stereocenters. The quantitative estimate of drug-likeness (QED) is 0.648. The molecule has 1 N–H and O–H groups in total. The monoisotopic (exact) mass is 484 g/mol. The molecule has 0 aliphatic carbocycles. The first kappa shape index (κ1) is 24.4. The molecular formula is C26H32N2O5S. The average molecular weight is 485 g/mol. The summed E-state index contributed by atoms with van der Waals surface area (Å²) in [7, 11) is -3.67. The summed E-state index contributed by atoms with van der Waals surface area (Å²) in [6, 6.07) is 11.0. The van der Waals surface area contributed by atoms with Crippen LogP contribution in [0.2, 0.25) is 0 Å². The topological polar surface area (TPSA) is 95.0 Å². The maximum Gasteiger partial charge on any atom is 0.254 e. The molecule has 182 valence electrons. The van der Waals surface area contributed by atoms with Crippen LogP contribution in [0, 0.1) is 12.8 Å². The zero-order chi connectivity index (χ0) is 24.5. The number of sulfonamides is 1. The van der Waals surface area contributed by atoms with Crippen molar-refractivity contribution in [2.75, 3.05) is 19.6 Å². The normalized spacial score (nSPS) is 20.3. The zero-order valence-electron chi connectivity index (χ0n) is 19.7. The van der Waals surface area contributed by atoms with E-state index in [0.717, 1.165) is 24.8 Å². The van der Waals surface area contributed by atoms with E-state index in [2.05, 4.69) is 0 Å². The Balaban J connectivity index is 1.47. The molecule has 0 unspecified atom stereocenters. The van der Waals surface area contributed by atoms with Crippen molar-refractivity contribution in [2.24, 2.45) is 5.92 Å². The molecular weight excluding hydrogens is 452 g/mol. The van der Waals surface area contributed by atoms with Crippen LogP contribution in [0.1, 0.15) is 65.3 Å². The molecule has 7 nitrogen and oxygen atoms in total. The van der Waals surface area contributed by atoms with Gasteiger partial charge in [-0.15, -0.1) is 0 Å². The van der Waals surface area contributed by atoms with Gasteiger partial charge in [-0.05, 0) is 81.5 Å². The van der Waals surface area contributed by atoms with Gasteiger partial charge in [0.05, 0.1) is 4.90 Å². The Morgan fingerprint density at radius 1 is 0.941 bits per heavy atom. The van der Waals surface area contributed by atoms with Gasteiger partial charge in [0.1, 0.15) is 5.75 Å². The van der Waals surface area contributed by atoms with Gasteiger partial charge in [0, 0.05) is 42.7 Å². The average Bonchev–Trinajstić information content (AvgIpc) is 2.84. The van der Waals surface area contributed by atoms with Crippen LogP contribution in [0.15, 0.2) is 47.4 Å². The summed E-state index contributed by atoms with van der Waals surface area (Å²) >= 11 is 0. The van der Waals surface area contributed by atoms with Gasteiger partial charge in [0.2, 0.25) is 10.0 Å². The third-order valence-electron chi connectivity index (χ3n) is 7.09. The number of phenolic OH excluding ortho intramolecular Hbond substituents is 1. The Morgan fingerprint density at radius 2 is 1.62 bits per heavy atom. The van der Waals surface area contributed by atoms with Crippen LogP contribution in [-0.2, 0) is 10.0 Å². The van der Waals surface area contributed by atoms with E-state index in [1.807, 2.05) is 13.8 Å². The zero-order valence-corrected chi connectivity index (χ0v) is 20.6. The number of carbonyl (C=O) groups excluding carboxylic acids is 2. The smallest absolute Gasteiger partial charge is 0.254 e. The summed E-state index contributed by atoms with van der Waals surface area (Å²) in [5.74, 6) is -0.239. The van der Waals surface area contributed by atoms with Gasteiger partial charge in [-0.25, -0.2) is 8.42 Å². The predicted molar refractivity (Wildman–Crippen MR) is 129 cm³/mol. The minimum Gasteiger partial charge on any atom is -0.508 e. The predicted octanol–water partition coefficient (Wildman–Crippen LogP) is 4.00. The molecule has 0 spiro atoms. The molecule has 8 heteroatoms. The Morgan fingerprint density at radius 3 is 2.26 bits per heavy atom. The molecule has 2 saturated heterocycles. The van der Waals surface area contributed by atoms with E-state index < -0.39 is 10.0 Å². The van der Waals surface area contributed by atoms with E-state index in [4.69, 9.17) is 0 Å². The molecule has 4 rings (SSSR count). The minimum atomic E-state index is -3.67. The summed E-state index contributed by atoms with van der Waals surface area (Å²) in [5, 5.41) is 9.44. The fourth-order valence-corrected chi connectivity index (χ4v) is 6.66. The summed E-state index contributed by atoms with van der Waals surface area (Å²) in [4.78, 5) is 28.0. The molecule has 0 radical (unpaired) electrons. The van der Waals surface area contributed by atoms with E-state index in [1.54, 1.807) is 33.5 Å². The summed E-state index contributed by atoms with van der Waals surface area (Å²) in [5.41, 5.74) is 1.69. The summed E-state index contributed by atoms with van der Waals surface area (Å²) < 4.78 is 28.1. The summed E-state index contributed by atoms with van der Waals surface area (Å²) in [6.45, 7) is 5.12. The number of aromatic hydroxyl groups is 1. The number of benzene rings is 2. The molecule has 2 aromatic rings. The van der Waals surface area contributed by atoms with Crippen molar-refractivity contribution in [3.8, 4) is 5.75 Å². The number of hydrogen-bond acceptors (Lipinski definition) is 5. The first-order valence-electron chi connectivity index (χ1n) is 11.9. The third kappa shape index (κ3) is 4.88. The SMILES string of the molecule is Cc1ccc(S(=O)(=O)N2CCCC[C@@H]2C)cc1C(=O)N1CCC(C(=O)c2ccc(O)cc2)CC1. The largest absolute Gasteiger partial charge is 0.508 e. The number of rotatable bonds is 5. The maximum absolute atomic E-state index is 13.3.